The monoisotopic (exact) mass is 623 g/mol. The van der Waals surface area contributed by atoms with Crippen LogP contribution in [0, 0.1) is 6.92 Å². The molecule has 0 saturated heterocycles. The molecule has 0 bridgehead atoms. The average molecular weight is 625 g/mol. The van der Waals surface area contributed by atoms with E-state index < -0.39 is 0 Å². The smallest absolute Gasteiger partial charge is 0.124 e. The summed E-state index contributed by atoms with van der Waals surface area (Å²) in [6.45, 7) is 5.33. The van der Waals surface area contributed by atoms with Crippen molar-refractivity contribution in [2.75, 3.05) is 0 Å². The molecule has 3 heterocycles. The standard InChI is InChI=1S/C34H34BrN5O2/c1-25-16-27(20-39(22-30-8-2-5-13-36-30)19-26-18-29(35)11-12-33(26)41)34(42)28(17-25)21-40(23-31-9-3-6-14-37-31)24-32-10-4-7-15-38-32/h2-18,41-42H,19-24H2,1H3. The van der Waals surface area contributed by atoms with Crippen molar-refractivity contribution in [1.82, 2.24) is 24.8 Å². The quantitative estimate of drug-likeness (QED) is 0.159. The molecule has 0 fully saturated rings. The van der Waals surface area contributed by atoms with Gasteiger partial charge in [-0.05, 0) is 61.5 Å². The topological polar surface area (TPSA) is 85.6 Å². The van der Waals surface area contributed by atoms with E-state index in [1.807, 2.05) is 78.9 Å². The molecule has 3 aromatic heterocycles. The van der Waals surface area contributed by atoms with Gasteiger partial charge < -0.3 is 10.2 Å². The number of rotatable bonds is 12. The van der Waals surface area contributed by atoms with Crippen LogP contribution in [-0.2, 0) is 39.3 Å². The third kappa shape index (κ3) is 8.22. The highest BCUT2D eigenvalue weighted by Crippen LogP contribution is 2.30. The molecule has 8 heteroatoms. The zero-order chi connectivity index (χ0) is 29.3. The van der Waals surface area contributed by atoms with Gasteiger partial charge in [-0.15, -0.1) is 0 Å². The Kier molecular flexibility index (Phi) is 9.92. The van der Waals surface area contributed by atoms with Crippen LogP contribution in [0.3, 0.4) is 0 Å². The number of pyridine rings is 3. The second-order valence-electron chi connectivity index (χ2n) is 10.5. The highest BCUT2D eigenvalue weighted by Gasteiger charge is 2.18. The largest absolute Gasteiger partial charge is 0.508 e. The Morgan fingerprint density at radius 3 is 1.48 bits per heavy atom. The molecule has 0 aliphatic rings. The first-order chi connectivity index (χ1) is 20.4. The lowest BCUT2D eigenvalue weighted by Gasteiger charge is -2.26. The Labute approximate surface area is 255 Å². The van der Waals surface area contributed by atoms with Gasteiger partial charge in [0.25, 0.3) is 0 Å². The average Bonchev–Trinajstić information content (AvgIpc) is 2.99. The number of hydrogen-bond donors (Lipinski definition) is 2. The fraction of sp³-hybridized carbons (Fsp3) is 0.206. The number of phenols is 2. The Bertz CT molecular complexity index is 1550. The van der Waals surface area contributed by atoms with Crippen LogP contribution in [0.25, 0.3) is 0 Å². The number of benzene rings is 2. The number of aromatic nitrogens is 3. The maximum Gasteiger partial charge on any atom is 0.124 e. The summed E-state index contributed by atoms with van der Waals surface area (Å²) >= 11 is 3.53. The molecular weight excluding hydrogens is 590 g/mol. The SMILES string of the molecule is Cc1cc(CN(Cc2ccccn2)Cc2ccccn2)c(O)c(CN(Cc2ccccn2)Cc2cc(Br)ccc2O)c1. The van der Waals surface area contributed by atoms with Crippen LogP contribution in [0.15, 0.2) is 108 Å². The Hall–Kier alpha value is -4.11. The minimum Gasteiger partial charge on any atom is -0.508 e. The molecule has 42 heavy (non-hydrogen) atoms. The van der Waals surface area contributed by atoms with Gasteiger partial charge in [0.1, 0.15) is 11.5 Å². The van der Waals surface area contributed by atoms with E-state index in [1.165, 1.54) is 0 Å². The van der Waals surface area contributed by atoms with Crippen LogP contribution < -0.4 is 0 Å². The molecule has 5 aromatic rings. The van der Waals surface area contributed by atoms with Gasteiger partial charge in [-0.25, -0.2) is 0 Å². The zero-order valence-electron chi connectivity index (χ0n) is 23.6. The number of phenolic OH excluding ortho intramolecular Hbond substituents is 2. The maximum absolute atomic E-state index is 11.6. The molecule has 0 unspecified atom stereocenters. The molecule has 214 valence electrons. The van der Waals surface area contributed by atoms with Crippen molar-refractivity contribution in [3.8, 4) is 11.5 Å². The number of halogens is 1. The van der Waals surface area contributed by atoms with Gasteiger partial charge in [-0.2, -0.15) is 0 Å². The fourth-order valence-electron chi connectivity index (χ4n) is 5.08. The lowest BCUT2D eigenvalue weighted by atomic mass is 10.0. The summed E-state index contributed by atoms with van der Waals surface area (Å²) in [5.41, 5.74) is 6.36. The molecule has 5 rings (SSSR count). The molecule has 0 radical (unpaired) electrons. The highest BCUT2D eigenvalue weighted by molar-refractivity contribution is 9.10. The van der Waals surface area contributed by atoms with E-state index in [9.17, 15) is 10.2 Å². The predicted molar refractivity (Wildman–Crippen MR) is 167 cm³/mol. The van der Waals surface area contributed by atoms with Crippen molar-refractivity contribution in [2.24, 2.45) is 0 Å². The number of aromatic hydroxyl groups is 2. The van der Waals surface area contributed by atoms with Crippen LogP contribution in [0.4, 0.5) is 0 Å². The van der Waals surface area contributed by atoms with Gasteiger partial charge in [0.15, 0.2) is 0 Å². The van der Waals surface area contributed by atoms with E-state index >= 15 is 0 Å². The predicted octanol–water partition coefficient (Wildman–Crippen LogP) is 6.76. The molecule has 2 aromatic carbocycles. The van der Waals surface area contributed by atoms with Crippen LogP contribution in [0.2, 0.25) is 0 Å². The fourth-order valence-corrected chi connectivity index (χ4v) is 5.48. The summed E-state index contributed by atoms with van der Waals surface area (Å²) in [7, 11) is 0. The van der Waals surface area contributed by atoms with Crippen molar-refractivity contribution >= 4 is 15.9 Å². The van der Waals surface area contributed by atoms with E-state index in [2.05, 4.69) is 47.6 Å². The number of aryl methyl sites for hydroxylation is 1. The Morgan fingerprint density at radius 2 is 1.02 bits per heavy atom. The van der Waals surface area contributed by atoms with Crippen molar-refractivity contribution in [3.63, 3.8) is 0 Å². The number of nitrogens with zero attached hydrogens (tertiary/aromatic N) is 5. The van der Waals surface area contributed by atoms with Crippen molar-refractivity contribution in [1.29, 1.82) is 0 Å². The minimum atomic E-state index is 0.234. The number of hydrogen-bond acceptors (Lipinski definition) is 7. The van der Waals surface area contributed by atoms with E-state index in [4.69, 9.17) is 0 Å². The third-order valence-corrected chi connectivity index (χ3v) is 7.46. The highest BCUT2D eigenvalue weighted by atomic mass is 79.9. The van der Waals surface area contributed by atoms with Crippen LogP contribution in [-0.4, -0.2) is 35.0 Å². The summed E-state index contributed by atoms with van der Waals surface area (Å²) in [5.74, 6) is 0.509. The van der Waals surface area contributed by atoms with Crippen LogP contribution in [0.1, 0.15) is 39.3 Å². The van der Waals surface area contributed by atoms with Crippen molar-refractivity contribution in [2.45, 2.75) is 46.2 Å². The molecule has 0 aliphatic carbocycles. The maximum atomic E-state index is 11.6. The first-order valence-electron chi connectivity index (χ1n) is 13.9. The lowest BCUT2D eigenvalue weighted by Crippen LogP contribution is -2.25. The van der Waals surface area contributed by atoms with Gasteiger partial charge >= 0.3 is 0 Å². The minimum absolute atomic E-state index is 0.234. The van der Waals surface area contributed by atoms with Gasteiger partial charge in [0.2, 0.25) is 0 Å². The zero-order valence-corrected chi connectivity index (χ0v) is 25.2. The van der Waals surface area contributed by atoms with E-state index in [1.54, 1.807) is 24.7 Å². The summed E-state index contributed by atoms with van der Waals surface area (Å²) in [5, 5.41) is 22.2. The molecule has 7 nitrogen and oxygen atoms in total. The van der Waals surface area contributed by atoms with Gasteiger partial charge in [0, 0.05) is 79.0 Å². The Morgan fingerprint density at radius 1 is 0.571 bits per heavy atom. The van der Waals surface area contributed by atoms with Gasteiger partial charge in [0.05, 0.1) is 17.1 Å². The first kappa shape index (κ1) is 29.4. The molecule has 0 aliphatic heterocycles. The molecule has 0 atom stereocenters. The summed E-state index contributed by atoms with van der Waals surface area (Å²) in [6.07, 6.45) is 5.38. The summed E-state index contributed by atoms with van der Waals surface area (Å²) < 4.78 is 0.898. The lowest BCUT2D eigenvalue weighted by molar-refractivity contribution is 0.231. The van der Waals surface area contributed by atoms with Crippen LogP contribution in [0.5, 0.6) is 11.5 Å². The van der Waals surface area contributed by atoms with Crippen molar-refractivity contribution in [3.05, 3.63) is 147 Å². The molecule has 0 saturated carbocycles. The third-order valence-electron chi connectivity index (χ3n) is 6.97. The van der Waals surface area contributed by atoms with E-state index in [0.29, 0.717) is 39.3 Å². The van der Waals surface area contributed by atoms with E-state index in [0.717, 1.165) is 43.8 Å². The molecule has 2 N–H and O–H groups in total. The summed E-state index contributed by atoms with van der Waals surface area (Å²) in [6, 6.07) is 27.2. The molecular formula is C34H34BrN5O2. The van der Waals surface area contributed by atoms with Crippen molar-refractivity contribution < 1.29 is 10.2 Å². The van der Waals surface area contributed by atoms with E-state index in [-0.39, 0.29) is 11.5 Å². The molecule has 0 amide bonds. The van der Waals surface area contributed by atoms with Gasteiger partial charge in [-0.3, -0.25) is 24.8 Å². The first-order valence-corrected chi connectivity index (χ1v) is 14.7. The van der Waals surface area contributed by atoms with Crippen LogP contribution >= 0.6 is 15.9 Å². The second kappa shape index (κ2) is 14.2. The summed E-state index contributed by atoms with van der Waals surface area (Å²) in [4.78, 5) is 18.0. The second-order valence-corrected chi connectivity index (χ2v) is 11.4. The molecule has 0 spiro atoms. The Balaban J connectivity index is 1.43. The normalized spacial score (nSPS) is 11.3. The van der Waals surface area contributed by atoms with Gasteiger partial charge in [-0.1, -0.05) is 51.8 Å².